The van der Waals surface area contributed by atoms with Crippen LogP contribution in [0, 0.1) is 13.8 Å². The molecule has 6 nitrogen and oxygen atoms in total. The molecular weight excluding hydrogens is 356 g/mol. The number of rotatable bonds is 6. The van der Waals surface area contributed by atoms with Gasteiger partial charge in [-0.1, -0.05) is 23.7 Å². The number of benzene rings is 1. The fourth-order valence-electron chi connectivity index (χ4n) is 2.80. The molecule has 0 aliphatic carbocycles. The Kier molecular flexibility index (Phi) is 6.21. The largest absolute Gasteiger partial charge is 0.451 e. The first-order valence-electron chi connectivity index (χ1n) is 8.12. The van der Waals surface area contributed by atoms with Gasteiger partial charge in [0.2, 0.25) is 0 Å². The zero-order valence-corrected chi connectivity index (χ0v) is 15.9. The molecule has 0 fully saturated rings. The second kappa shape index (κ2) is 8.19. The lowest BCUT2D eigenvalue weighted by Crippen LogP contribution is -2.31. The molecule has 138 valence electrons. The number of hydrogen-bond donors (Lipinski definition) is 2. The summed E-state index contributed by atoms with van der Waals surface area (Å²) < 4.78 is 5.06. The van der Waals surface area contributed by atoms with Gasteiger partial charge in [0.25, 0.3) is 5.91 Å². The minimum Gasteiger partial charge on any atom is -0.451 e. The Morgan fingerprint density at radius 3 is 2.35 bits per heavy atom. The van der Waals surface area contributed by atoms with Gasteiger partial charge in [-0.3, -0.25) is 9.59 Å². The van der Waals surface area contributed by atoms with Gasteiger partial charge in [-0.05, 0) is 51.0 Å². The van der Waals surface area contributed by atoms with Crippen molar-refractivity contribution in [1.29, 1.82) is 0 Å². The first-order valence-corrected chi connectivity index (χ1v) is 8.50. The maximum Gasteiger partial charge on any atom is 0.355 e. The molecule has 1 aromatic carbocycles. The lowest BCUT2D eigenvalue weighted by molar-refractivity contribution is -0.124. The number of halogens is 1. The first kappa shape index (κ1) is 19.7. The van der Waals surface area contributed by atoms with E-state index >= 15 is 0 Å². The summed E-state index contributed by atoms with van der Waals surface area (Å²) in [7, 11) is 0. The van der Waals surface area contributed by atoms with E-state index in [4.69, 9.17) is 16.3 Å². The molecule has 0 bridgehead atoms. The maximum absolute atomic E-state index is 12.2. The molecule has 0 saturated carbocycles. The normalized spacial score (nSPS) is 11.7. The van der Waals surface area contributed by atoms with Gasteiger partial charge in [0.05, 0.1) is 6.04 Å². The summed E-state index contributed by atoms with van der Waals surface area (Å²) in [6.07, 6.45) is 0. The van der Waals surface area contributed by atoms with Crippen LogP contribution in [0.25, 0.3) is 0 Å². The number of aromatic amines is 1. The highest BCUT2D eigenvalue weighted by Crippen LogP contribution is 2.19. The molecule has 0 radical (unpaired) electrons. The summed E-state index contributed by atoms with van der Waals surface area (Å²) >= 11 is 5.84. The van der Waals surface area contributed by atoms with Crippen molar-refractivity contribution in [2.24, 2.45) is 0 Å². The minimum absolute atomic E-state index is 0.134. The van der Waals surface area contributed by atoms with E-state index in [1.54, 1.807) is 26.0 Å². The van der Waals surface area contributed by atoms with E-state index in [1.807, 2.05) is 19.1 Å². The van der Waals surface area contributed by atoms with Crippen molar-refractivity contribution < 1.29 is 19.1 Å². The van der Waals surface area contributed by atoms with Crippen molar-refractivity contribution in [3.63, 3.8) is 0 Å². The van der Waals surface area contributed by atoms with Crippen LogP contribution in [0.3, 0.4) is 0 Å². The number of hydrogen-bond acceptors (Lipinski definition) is 4. The maximum atomic E-state index is 12.2. The third-order valence-corrected chi connectivity index (χ3v) is 4.33. The van der Waals surface area contributed by atoms with Crippen LogP contribution < -0.4 is 5.32 Å². The van der Waals surface area contributed by atoms with Crippen molar-refractivity contribution in [2.75, 3.05) is 6.61 Å². The van der Waals surface area contributed by atoms with E-state index in [-0.39, 0.29) is 17.5 Å². The fourth-order valence-corrected chi connectivity index (χ4v) is 2.93. The molecule has 26 heavy (non-hydrogen) atoms. The summed E-state index contributed by atoms with van der Waals surface area (Å²) in [6.45, 7) is 6.22. The Balaban J connectivity index is 1.95. The van der Waals surface area contributed by atoms with Gasteiger partial charge in [-0.25, -0.2) is 4.79 Å². The number of amides is 1. The SMILES string of the molecule is CC(=O)c1c(C)[nH]c(C(=O)OCC(=O)N[C@@H](C)c2ccc(Cl)cc2)c1C. The fraction of sp³-hybridized carbons (Fsp3) is 0.316. The van der Waals surface area contributed by atoms with Gasteiger partial charge in [-0.15, -0.1) is 0 Å². The molecule has 2 N–H and O–H groups in total. The monoisotopic (exact) mass is 376 g/mol. The van der Waals surface area contributed by atoms with Gasteiger partial charge in [-0.2, -0.15) is 0 Å². The zero-order chi connectivity index (χ0) is 19.4. The number of carbonyl (C=O) groups is 3. The predicted octanol–water partition coefficient (Wildman–Crippen LogP) is 3.52. The molecule has 2 aromatic rings. The average molecular weight is 377 g/mol. The van der Waals surface area contributed by atoms with E-state index in [0.29, 0.717) is 21.8 Å². The molecule has 0 saturated heterocycles. The van der Waals surface area contributed by atoms with Crippen molar-refractivity contribution in [3.8, 4) is 0 Å². The number of H-pyrrole nitrogens is 1. The second-order valence-corrected chi connectivity index (χ2v) is 6.53. The highest BCUT2D eigenvalue weighted by molar-refractivity contribution is 6.30. The molecule has 1 amide bonds. The zero-order valence-electron chi connectivity index (χ0n) is 15.1. The Labute approximate surface area is 156 Å². The van der Waals surface area contributed by atoms with Crippen LogP contribution >= 0.6 is 11.6 Å². The quantitative estimate of drug-likeness (QED) is 0.596. The van der Waals surface area contributed by atoms with Crippen LogP contribution in [0.2, 0.25) is 5.02 Å². The summed E-state index contributed by atoms with van der Waals surface area (Å²) in [5.41, 5.74) is 2.66. The molecule has 2 rings (SSSR count). The Morgan fingerprint density at radius 1 is 1.19 bits per heavy atom. The van der Waals surface area contributed by atoms with Gasteiger partial charge in [0, 0.05) is 16.3 Å². The highest BCUT2D eigenvalue weighted by atomic mass is 35.5. The van der Waals surface area contributed by atoms with Crippen molar-refractivity contribution in [1.82, 2.24) is 10.3 Å². The Hall–Kier alpha value is -2.60. The lowest BCUT2D eigenvalue weighted by atomic mass is 10.1. The van der Waals surface area contributed by atoms with E-state index in [1.165, 1.54) is 6.92 Å². The number of aryl methyl sites for hydroxylation is 1. The molecule has 1 atom stereocenters. The number of Topliss-reactive ketones (excluding diaryl/α,β-unsaturated/α-hetero) is 1. The van der Waals surface area contributed by atoms with Crippen molar-refractivity contribution in [3.05, 3.63) is 57.4 Å². The Bertz CT molecular complexity index is 840. The number of esters is 1. The molecule has 0 aliphatic heterocycles. The summed E-state index contributed by atoms with van der Waals surface area (Å²) in [6, 6.07) is 6.85. The standard InChI is InChI=1S/C19H21ClN2O4/c1-10-17(13(4)23)12(3)22-18(10)19(25)26-9-16(24)21-11(2)14-5-7-15(20)8-6-14/h5-8,11,22H,9H2,1-4H3,(H,21,24)/t11-/m0/s1. The van der Waals surface area contributed by atoms with Gasteiger partial charge >= 0.3 is 5.97 Å². The van der Waals surface area contributed by atoms with E-state index in [9.17, 15) is 14.4 Å². The van der Waals surface area contributed by atoms with Crippen LogP contribution in [0.1, 0.15) is 57.6 Å². The van der Waals surface area contributed by atoms with E-state index < -0.39 is 18.5 Å². The minimum atomic E-state index is -0.674. The smallest absolute Gasteiger partial charge is 0.355 e. The van der Waals surface area contributed by atoms with E-state index in [2.05, 4.69) is 10.3 Å². The number of carbonyl (C=O) groups excluding carboxylic acids is 3. The summed E-state index contributed by atoms with van der Waals surface area (Å²) in [4.78, 5) is 38.7. The van der Waals surface area contributed by atoms with Crippen LogP contribution in [0.15, 0.2) is 24.3 Å². The second-order valence-electron chi connectivity index (χ2n) is 6.10. The summed E-state index contributed by atoms with van der Waals surface area (Å²) in [5, 5.41) is 3.36. The summed E-state index contributed by atoms with van der Waals surface area (Å²) in [5.74, 6) is -1.23. The number of nitrogens with one attached hydrogen (secondary N) is 2. The van der Waals surface area contributed by atoms with Crippen LogP contribution in [-0.2, 0) is 9.53 Å². The molecule has 1 heterocycles. The molecule has 1 aromatic heterocycles. The highest BCUT2D eigenvalue weighted by Gasteiger charge is 2.21. The third kappa shape index (κ3) is 4.52. The van der Waals surface area contributed by atoms with Crippen LogP contribution in [0.5, 0.6) is 0 Å². The molecule has 7 heteroatoms. The number of aromatic nitrogens is 1. The predicted molar refractivity (Wildman–Crippen MR) is 98.6 cm³/mol. The lowest BCUT2D eigenvalue weighted by Gasteiger charge is -2.14. The average Bonchev–Trinajstić information content (AvgIpc) is 2.87. The third-order valence-electron chi connectivity index (χ3n) is 4.08. The molecular formula is C19H21ClN2O4. The number of ketones is 1. The topological polar surface area (TPSA) is 88.3 Å². The van der Waals surface area contributed by atoms with Crippen molar-refractivity contribution >= 4 is 29.3 Å². The van der Waals surface area contributed by atoms with Crippen LogP contribution in [-0.4, -0.2) is 29.3 Å². The van der Waals surface area contributed by atoms with Gasteiger partial charge in [0.15, 0.2) is 12.4 Å². The van der Waals surface area contributed by atoms with Crippen molar-refractivity contribution in [2.45, 2.75) is 33.7 Å². The first-order chi connectivity index (χ1) is 12.2. The molecule has 0 aliphatic rings. The Morgan fingerprint density at radius 2 is 1.81 bits per heavy atom. The van der Waals surface area contributed by atoms with E-state index in [0.717, 1.165) is 5.56 Å². The van der Waals surface area contributed by atoms with Crippen LogP contribution in [0.4, 0.5) is 0 Å². The van der Waals surface area contributed by atoms with Gasteiger partial charge < -0.3 is 15.0 Å². The van der Waals surface area contributed by atoms with Gasteiger partial charge in [0.1, 0.15) is 5.69 Å². The number of ether oxygens (including phenoxy) is 1. The molecule has 0 spiro atoms. The molecule has 0 unspecified atom stereocenters.